The summed E-state index contributed by atoms with van der Waals surface area (Å²) in [5, 5.41) is 3.40. The number of nitrogens with zero attached hydrogens (tertiary/aromatic N) is 1. The van der Waals surface area contributed by atoms with Gasteiger partial charge in [-0.3, -0.25) is 4.98 Å². The van der Waals surface area contributed by atoms with E-state index in [1.54, 1.807) is 0 Å². The number of hydrogen-bond donors (Lipinski definition) is 1. The van der Waals surface area contributed by atoms with Crippen LogP contribution in [0, 0.1) is 6.92 Å². The average Bonchev–Trinajstić information content (AvgIpc) is 2.78. The Hall–Kier alpha value is -1.19. The molecule has 0 spiro atoms. The highest BCUT2D eigenvalue weighted by Gasteiger charge is 2.10. The standard InChI is InChI=1S/C14H18N2S/c1-11-3-6-14(17-11)13(15-2)5-4-12-7-9-16-10-8-12/h3,6-10,13,15H,4-5H2,1-2H3. The molecular weight excluding hydrogens is 228 g/mol. The smallest absolute Gasteiger partial charge is 0.0415 e. The average molecular weight is 246 g/mol. The SMILES string of the molecule is CNC(CCc1ccncc1)c1ccc(C)s1. The lowest BCUT2D eigenvalue weighted by Gasteiger charge is -2.14. The van der Waals surface area contributed by atoms with Crippen LogP contribution in [-0.2, 0) is 6.42 Å². The number of nitrogens with one attached hydrogen (secondary N) is 1. The van der Waals surface area contributed by atoms with Crippen molar-refractivity contribution in [2.24, 2.45) is 0 Å². The maximum absolute atomic E-state index is 4.04. The monoisotopic (exact) mass is 246 g/mol. The molecule has 0 fully saturated rings. The number of pyridine rings is 1. The molecule has 1 N–H and O–H groups in total. The Balaban J connectivity index is 1.97. The van der Waals surface area contributed by atoms with Gasteiger partial charge in [0, 0.05) is 28.2 Å². The number of hydrogen-bond acceptors (Lipinski definition) is 3. The minimum Gasteiger partial charge on any atom is -0.312 e. The second kappa shape index (κ2) is 5.94. The highest BCUT2D eigenvalue weighted by molar-refractivity contribution is 7.12. The summed E-state index contributed by atoms with van der Waals surface area (Å²) in [5.74, 6) is 0. The first-order valence-electron chi connectivity index (χ1n) is 5.92. The molecule has 2 aromatic rings. The molecule has 0 aliphatic carbocycles. The molecule has 0 aliphatic heterocycles. The summed E-state index contributed by atoms with van der Waals surface area (Å²) < 4.78 is 0. The summed E-state index contributed by atoms with van der Waals surface area (Å²) in [6, 6.07) is 9.06. The van der Waals surface area contributed by atoms with Gasteiger partial charge in [-0.1, -0.05) is 0 Å². The Morgan fingerprint density at radius 2 is 2.00 bits per heavy atom. The van der Waals surface area contributed by atoms with E-state index in [2.05, 4.69) is 41.5 Å². The zero-order valence-electron chi connectivity index (χ0n) is 10.3. The Kier molecular flexibility index (Phi) is 4.29. The van der Waals surface area contributed by atoms with E-state index in [1.165, 1.54) is 15.3 Å². The van der Waals surface area contributed by atoms with Crippen LogP contribution >= 0.6 is 11.3 Å². The van der Waals surface area contributed by atoms with Crippen LogP contribution in [0.25, 0.3) is 0 Å². The van der Waals surface area contributed by atoms with E-state index in [1.807, 2.05) is 30.8 Å². The summed E-state index contributed by atoms with van der Waals surface area (Å²) in [4.78, 5) is 6.85. The van der Waals surface area contributed by atoms with Crippen LogP contribution < -0.4 is 5.32 Å². The molecule has 1 unspecified atom stereocenters. The van der Waals surface area contributed by atoms with Gasteiger partial charge in [-0.15, -0.1) is 11.3 Å². The Morgan fingerprint density at radius 1 is 1.24 bits per heavy atom. The van der Waals surface area contributed by atoms with E-state index in [4.69, 9.17) is 0 Å². The van der Waals surface area contributed by atoms with Gasteiger partial charge in [0.15, 0.2) is 0 Å². The van der Waals surface area contributed by atoms with Crippen LogP contribution in [0.1, 0.15) is 27.8 Å². The van der Waals surface area contributed by atoms with Gasteiger partial charge in [-0.25, -0.2) is 0 Å². The summed E-state index contributed by atoms with van der Waals surface area (Å²) in [7, 11) is 2.03. The van der Waals surface area contributed by atoms with E-state index < -0.39 is 0 Å². The van der Waals surface area contributed by atoms with Crippen molar-refractivity contribution in [1.29, 1.82) is 0 Å². The van der Waals surface area contributed by atoms with Crippen LogP contribution in [0.2, 0.25) is 0 Å². The zero-order chi connectivity index (χ0) is 12.1. The molecule has 0 saturated heterocycles. The van der Waals surface area contributed by atoms with Gasteiger partial charge in [-0.2, -0.15) is 0 Å². The number of aromatic nitrogens is 1. The molecule has 2 aromatic heterocycles. The minimum atomic E-state index is 0.460. The molecule has 0 radical (unpaired) electrons. The first kappa shape index (κ1) is 12.3. The molecule has 90 valence electrons. The maximum Gasteiger partial charge on any atom is 0.0415 e. The van der Waals surface area contributed by atoms with Crippen molar-refractivity contribution in [3.8, 4) is 0 Å². The highest BCUT2D eigenvalue weighted by atomic mass is 32.1. The van der Waals surface area contributed by atoms with Crippen LogP contribution in [0.15, 0.2) is 36.7 Å². The molecule has 2 rings (SSSR count). The third-order valence-corrected chi connectivity index (χ3v) is 4.04. The van der Waals surface area contributed by atoms with Crippen molar-refractivity contribution in [2.45, 2.75) is 25.8 Å². The van der Waals surface area contributed by atoms with E-state index in [0.29, 0.717) is 6.04 Å². The fraction of sp³-hybridized carbons (Fsp3) is 0.357. The lowest BCUT2D eigenvalue weighted by atomic mass is 10.1. The van der Waals surface area contributed by atoms with Crippen molar-refractivity contribution in [1.82, 2.24) is 10.3 Å². The molecule has 1 atom stereocenters. The Labute approximate surface area is 107 Å². The molecule has 3 heteroatoms. The quantitative estimate of drug-likeness (QED) is 0.875. The molecule has 0 aromatic carbocycles. The normalized spacial score (nSPS) is 12.6. The molecule has 2 heterocycles. The molecule has 2 nitrogen and oxygen atoms in total. The van der Waals surface area contributed by atoms with Crippen LogP contribution in [0.3, 0.4) is 0 Å². The van der Waals surface area contributed by atoms with E-state index in [-0.39, 0.29) is 0 Å². The molecule has 0 aliphatic rings. The fourth-order valence-corrected chi connectivity index (χ4v) is 2.95. The van der Waals surface area contributed by atoms with E-state index in [0.717, 1.165) is 12.8 Å². The highest BCUT2D eigenvalue weighted by Crippen LogP contribution is 2.25. The van der Waals surface area contributed by atoms with Gasteiger partial charge < -0.3 is 5.32 Å². The first-order chi connectivity index (χ1) is 8.29. The zero-order valence-corrected chi connectivity index (χ0v) is 11.1. The van der Waals surface area contributed by atoms with Crippen molar-refractivity contribution in [3.63, 3.8) is 0 Å². The fourth-order valence-electron chi connectivity index (χ4n) is 1.93. The summed E-state index contributed by atoms with van der Waals surface area (Å²) in [5.41, 5.74) is 1.36. The van der Waals surface area contributed by atoms with Gasteiger partial charge in [-0.05, 0) is 56.6 Å². The summed E-state index contributed by atoms with van der Waals surface area (Å²) in [6.07, 6.45) is 5.93. The van der Waals surface area contributed by atoms with Crippen LogP contribution in [0.4, 0.5) is 0 Å². The Bertz CT molecular complexity index is 450. The van der Waals surface area contributed by atoms with Crippen LogP contribution in [-0.4, -0.2) is 12.0 Å². The number of aryl methyl sites for hydroxylation is 2. The predicted octanol–water partition coefficient (Wildman–Crippen LogP) is 3.34. The third kappa shape index (κ3) is 3.38. The van der Waals surface area contributed by atoms with E-state index in [9.17, 15) is 0 Å². The van der Waals surface area contributed by atoms with E-state index >= 15 is 0 Å². The lowest BCUT2D eigenvalue weighted by Crippen LogP contribution is -2.15. The number of rotatable bonds is 5. The number of thiophene rings is 1. The van der Waals surface area contributed by atoms with Gasteiger partial charge in [0.2, 0.25) is 0 Å². The molecule has 17 heavy (non-hydrogen) atoms. The lowest BCUT2D eigenvalue weighted by molar-refractivity contribution is 0.558. The topological polar surface area (TPSA) is 24.9 Å². The molecule has 0 amide bonds. The van der Waals surface area contributed by atoms with Gasteiger partial charge in [0.05, 0.1) is 0 Å². The van der Waals surface area contributed by atoms with Crippen LogP contribution in [0.5, 0.6) is 0 Å². The largest absolute Gasteiger partial charge is 0.312 e. The Morgan fingerprint density at radius 3 is 2.59 bits per heavy atom. The third-order valence-electron chi connectivity index (χ3n) is 2.92. The van der Waals surface area contributed by atoms with Gasteiger partial charge in [0.25, 0.3) is 0 Å². The minimum absolute atomic E-state index is 0.460. The summed E-state index contributed by atoms with van der Waals surface area (Å²) in [6.45, 7) is 2.16. The second-order valence-electron chi connectivity index (χ2n) is 4.18. The molecule has 0 bridgehead atoms. The van der Waals surface area contributed by atoms with Gasteiger partial charge in [0.1, 0.15) is 0 Å². The second-order valence-corrected chi connectivity index (χ2v) is 5.50. The predicted molar refractivity (Wildman–Crippen MR) is 73.4 cm³/mol. The van der Waals surface area contributed by atoms with Crippen molar-refractivity contribution in [3.05, 3.63) is 52.0 Å². The van der Waals surface area contributed by atoms with Crippen molar-refractivity contribution < 1.29 is 0 Å². The maximum atomic E-state index is 4.04. The van der Waals surface area contributed by atoms with Crippen molar-refractivity contribution >= 4 is 11.3 Å². The summed E-state index contributed by atoms with van der Waals surface area (Å²) >= 11 is 1.88. The first-order valence-corrected chi connectivity index (χ1v) is 6.73. The van der Waals surface area contributed by atoms with Gasteiger partial charge >= 0.3 is 0 Å². The molecular formula is C14H18N2S. The molecule has 0 saturated carbocycles. The van der Waals surface area contributed by atoms with Crippen molar-refractivity contribution in [2.75, 3.05) is 7.05 Å².